The van der Waals surface area contributed by atoms with Gasteiger partial charge in [0.15, 0.2) is 0 Å². The summed E-state index contributed by atoms with van der Waals surface area (Å²) >= 11 is 0. The highest BCUT2D eigenvalue weighted by atomic mass is 16.6. The number of hydrogen-bond donors (Lipinski definition) is 2. The number of ether oxygens (including phenoxy) is 2. The van der Waals surface area contributed by atoms with Gasteiger partial charge in [-0.2, -0.15) is 15.8 Å². The van der Waals surface area contributed by atoms with Gasteiger partial charge < -0.3 is 20.3 Å². The molecule has 0 bridgehead atoms. The molecule has 0 aromatic rings. The molecule has 0 aromatic carbocycles. The maximum atomic E-state index is 11.7. The summed E-state index contributed by atoms with van der Waals surface area (Å²) in [7, 11) is 0. The Morgan fingerprint density at radius 3 is 2.42 bits per heavy atom. The van der Waals surface area contributed by atoms with E-state index in [1.165, 1.54) is 0 Å². The van der Waals surface area contributed by atoms with E-state index in [9.17, 15) is 15.2 Å². The summed E-state index contributed by atoms with van der Waals surface area (Å²) in [4.78, 5) is 11.7. The molecule has 0 radical (unpaired) electrons. The highest BCUT2D eigenvalue weighted by Gasteiger charge is 2.49. The van der Waals surface area contributed by atoms with Crippen LogP contribution < -0.4 is 5.73 Å². The number of allylic oxidation sites excluding steroid dienone is 1. The van der Waals surface area contributed by atoms with Crippen LogP contribution in [0, 0.1) is 39.4 Å². The number of rotatable bonds is 5. The first-order valence-electron chi connectivity index (χ1n) is 7.16. The average molecular weight is 330 g/mol. The lowest BCUT2D eigenvalue weighted by molar-refractivity contribution is -0.162. The fourth-order valence-electron chi connectivity index (χ4n) is 2.61. The van der Waals surface area contributed by atoms with E-state index in [0.29, 0.717) is 0 Å². The van der Waals surface area contributed by atoms with Crippen LogP contribution in [0.2, 0.25) is 0 Å². The molecule has 0 saturated heterocycles. The van der Waals surface area contributed by atoms with Gasteiger partial charge in [0.2, 0.25) is 11.7 Å². The Hall–Kier alpha value is -3.02. The van der Waals surface area contributed by atoms with Gasteiger partial charge in [0.05, 0.1) is 18.6 Å². The Bertz CT molecular complexity index is 715. The third-order valence-electron chi connectivity index (χ3n) is 3.40. The van der Waals surface area contributed by atoms with E-state index in [1.54, 1.807) is 39.0 Å². The maximum absolute atomic E-state index is 11.7. The third-order valence-corrected chi connectivity index (χ3v) is 3.40. The summed E-state index contributed by atoms with van der Waals surface area (Å²) in [6, 6.07) is 4.99. The van der Waals surface area contributed by atoms with E-state index in [0.717, 1.165) is 0 Å². The number of nitriles is 3. The second-order valence-electron chi connectivity index (χ2n) is 6.03. The number of aliphatic hydroxyl groups is 1. The third kappa shape index (κ3) is 3.84. The molecule has 1 aliphatic heterocycles. The van der Waals surface area contributed by atoms with Gasteiger partial charge in [-0.1, -0.05) is 13.8 Å². The number of esters is 1. The van der Waals surface area contributed by atoms with Crippen molar-refractivity contribution in [2.75, 3.05) is 6.61 Å². The second kappa shape index (κ2) is 7.04. The highest BCUT2D eigenvalue weighted by molar-refractivity contribution is 5.70. The topological polar surface area (TPSA) is 153 Å². The Morgan fingerprint density at radius 2 is 1.96 bits per heavy atom. The van der Waals surface area contributed by atoms with Gasteiger partial charge in [-0.25, -0.2) is 0 Å². The molecule has 1 heterocycles. The number of carbonyl (C=O) groups excluding carboxylic acids is 1. The van der Waals surface area contributed by atoms with Crippen LogP contribution in [0.4, 0.5) is 0 Å². The predicted octanol–water partition coefficient (Wildman–Crippen LogP) is 1.11. The molecule has 1 atom stereocenters. The number of nitrogens with zero attached hydrogens (tertiary/aromatic N) is 3. The maximum Gasteiger partial charge on any atom is 0.306 e. The van der Waals surface area contributed by atoms with Crippen molar-refractivity contribution in [2.24, 2.45) is 11.1 Å². The molecule has 1 unspecified atom stereocenters. The van der Waals surface area contributed by atoms with Gasteiger partial charge >= 0.3 is 5.97 Å². The van der Waals surface area contributed by atoms with Crippen LogP contribution in [0.1, 0.15) is 33.6 Å². The van der Waals surface area contributed by atoms with Gasteiger partial charge in [-0.3, -0.25) is 4.79 Å². The lowest BCUT2D eigenvalue weighted by atomic mass is 9.78. The number of carbonyl (C=O) groups is 1. The van der Waals surface area contributed by atoms with E-state index in [-0.39, 0.29) is 36.5 Å². The van der Waals surface area contributed by atoms with Crippen molar-refractivity contribution in [3.05, 3.63) is 22.6 Å². The normalized spacial score (nSPS) is 19.8. The van der Waals surface area contributed by atoms with Gasteiger partial charge in [-0.05, 0) is 12.3 Å². The number of nitrogens with two attached hydrogens (primary N) is 1. The van der Waals surface area contributed by atoms with Crippen molar-refractivity contribution in [3.8, 4) is 18.2 Å². The van der Waals surface area contributed by atoms with E-state index in [2.05, 4.69) is 0 Å². The zero-order chi connectivity index (χ0) is 18.5. The molecule has 0 spiro atoms. The molecule has 3 N–H and O–H groups in total. The molecule has 1 rings (SSSR count). The van der Waals surface area contributed by atoms with Gasteiger partial charge in [0.1, 0.15) is 29.4 Å². The van der Waals surface area contributed by atoms with Crippen molar-refractivity contribution in [1.82, 2.24) is 0 Å². The summed E-state index contributed by atoms with van der Waals surface area (Å²) in [5.74, 6) is -2.98. The minimum Gasteiger partial charge on any atom is -0.466 e. The van der Waals surface area contributed by atoms with Gasteiger partial charge in [0, 0.05) is 6.42 Å². The van der Waals surface area contributed by atoms with Crippen LogP contribution in [0.15, 0.2) is 22.6 Å². The Labute approximate surface area is 140 Å². The standard InChI is InChI=1S/C16H18N4O4/c1-4-23-12(21)5-15(2,3)9-16(22)13(10(6-17)7-18)11(8-19)14(20)24-16/h22H,4-5,9,20H2,1-3H3. The minimum atomic E-state index is -2.15. The van der Waals surface area contributed by atoms with Gasteiger partial charge in [0.25, 0.3) is 0 Å². The summed E-state index contributed by atoms with van der Waals surface area (Å²) in [6.07, 6.45) is -0.205. The lowest BCUT2D eigenvalue weighted by Crippen LogP contribution is -2.38. The zero-order valence-electron chi connectivity index (χ0n) is 13.7. The molecular weight excluding hydrogens is 312 g/mol. The fraction of sp³-hybridized carbons (Fsp3) is 0.500. The zero-order valence-corrected chi connectivity index (χ0v) is 13.7. The molecule has 0 amide bonds. The van der Waals surface area contributed by atoms with Crippen molar-refractivity contribution in [3.63, 3.8) is 0 Å². The Morgan fingerprint density at radius 1 is 1.38 bits per heavy atom. The van der Waals surface area contributed by atoms with Gasteiger partial charge in [-0.15, -0.1) is 0 Å². The quantitative estimate of drug-likeness (QED) is 0.561. The molecule has 0 fully saturated rings. The largest absolute Gasteiger partial charge is 0.466 e. The molecule has 1 aliphatic rings. The molecule has 8 heteroatoms. The lowest BCUT2D eigenvalue weighted by Gasteiger charge is -2.33. The average Bonchev–Trinajstić information content (AvgIpc) is 2.69. The highest BCUT2D eigenvalue weighted by Crippen LogP contribution is 2.45. The van der Waals surface area contributed by atoms with Crippen molar-refractivity contribution in [2.45, 2.75) is 39.4 Å². The van der Waals surface area contributed by atoms with Crippen LogP contribution in [0.25, 0.3) is 0 Å². The molecule has 0 aromatic heterocycles. The molecule has 24 heavy (non-hydrogen) atoms. The first-order chi connectivity index (χ1) is 11.1. The summed E-state index contributed by atoms with van der Waals surface area (Å²) in [5, 5.41) is 38.2. The smallest absolute Gasteiger partial charge is 0.306 e. The Balaban J connectivity index is 3.26. The van der Waals surface area contributed by atoms with E-state index < -0.39 is 22.7 Å². The van der Waals surface area contributed by atoms with E-state index >= 15 is 0 Å². The molecular formula is C16H18N4O4. The predicted molar refractivity (Wildman–Crippen MR) is 80.8 cm³/mol. The van der Waals surface area contributed by atoms with Crippen LogP contribution in [-0.2, 0) is 14.3 Å². The first kappa shape index (κ1) is 19.0. The molecule has 0 saturated carbocycles. The fourth-order valence-corrected chi connectivity index (χ4v) is 2.61. The Kier molecular flexibility index (Phi) is 5.58. The van der Waals surface area contributed by atoms with Crippen molar-refractivity contribution < 1.29 is 19.4 Å². The van der Waals surface area contributed by atoms with Crippen LogP contribution in [-0.4, -0.2) is 23.5 Å². The van der Waals surface area contributed by atoms with E-state index in [4.69, 9.17) is 25.7 Å². The first-order valence-corrected chi connectivity index (χ1v) is 7.16. The van der Waals surface area contributed by atoms with Crippen LogP contribution in [0.3, 0.4) is 0 Å². The number of hydrogen-bond acceptors (Lipinski definition) is 8. The summed E-state index contributed by atoms with van der Waals surface area (Å²) < 4.78 is 10.1. The monoisotopic (exact) mass is 330 g/mol. The second-order valence-corrected chi connectivity index (χ2v) is 6.03. The van der Waals surface area contributed by atoms with E-state index in [1.807, 2.05) is 0 Å². The SMILES string of the molecule is CCOC(=O)CC(C)(C)CC1(O)OC(N)=C(C#N)C1=C(C#N)C#N. The minimum absolute atomic E-state index is 0.0317. The molecule has 126 valence electrons. The van der Waals surface area contributed by atoms with Crippen LogP contribution in [0.5, 0.6) is 0 Å². The molecule has 0 aliphatic carbocycles. The summed E-state index contributed by atoms with van der Waals surface area (Å²) in [5.41, 5.74) is 3.78. The van der Waals surface area contributed by atoms with Crippen molar-refractivity contribution >= 4 is 5.97 Å². The van der Waals surface area contributed by atoms with Crippen LogP contribution >= 0.6 is 0 Å². The molecule has 8 nitrogen and oxygen atoms in total. The van der Waals surface area contributed by atoms with Crippen molar-refractivity contribution in [1.29, 1.82) is 15.8 Å². The summed E-state index contributed by atoms with van der Waals surface area (Å²) in [6.45, 7) is 5.26.